The molecule has 0 amide bonds. The summed E-state index contributed by atoms with van der Waals surface area (Å²) in [6.07, 6.45) is 3.73. The van der Waals surface area contributed by atoms with Crippen LogP contribution in [0, 0.1) is 5.92 Å². The van der Waals surface area contributed by atoms with Gasteiger partial charge in [0, 0.05) is 11.6 Å². The topological polar surface area (TPSA) is 21.3 Å². The number of hydrogen-bond acceptors (Lipinski definition) is 2. The molecule has 0 heterocycles. The molecule has 1 aromatic rings. The predicted molar refractivity (Wildman–Crippen MR) is 82.7 cm³/mol. The summed E-state index contributed by atoms with van der Waals surface area (Å²) in [7, 11) is 0. The van der Waals surface area contributed by atoms with Gasteiger partial charge in [-0.1, -0.05) is 51.8 Å². The number of ether oxygens (including phenoxy) is 1. The van der Waals surface area contributed by atoms with Crippen LogP contribution in [0.2, 0.25) is 0 Å². The lowest BCUT2D eigenvalue weighted by atomic mass is 9.97. The minimum absolute atomic E-state index is 0.409. The average Bonchev–Trinajstić information content (AvgIpc) is 2.38. The Bertz CT molecular complexity index is 349. The second-order valence-electron chi connectivity index (χ2n) is 5.41. The Morgan fingerprint density at radius 3 is 2.47 bits per heavy atom. The molecule has 1 aromatic carbocycles. The van der Waals surface area contributed by atoms with E-state index in [1.807, 2.05) is 13.0 Å². The SMILES string of the molecule is CCNC(CCCC(C)C)c1ccccc1OCC. The molecule has 0 aliphatic heterocycles. The van der Waals surface area contributed by atoms with Crippen LogP contribution in [0.1, 0.15) is 58.6 Å². The van der Waals surface area contributed by atoms with Crippen molar-refractivity contribution < 1.29 is 4.74 Å². The standard InChI is InChI=1S/C17H29NO/c1-5-18-16(12-9-10-14(3)4)15-11-7-8-13-17(15)19-6-2/h7-8,11,13-14,16,18H,5-6,9-10,12H2,1-4H3. The Morgan fingerprint density at radius 2 is 1.84 bits per heavy atom. The zero-order valence-electron chi connectivity index (χ0n) is 12.9. The van der Waals surface area contributed by atoms with Crippen molar-refractivity contribution in [3.63, 3.8) is 0 Å². The van der Waals surface area contributed by atoms with Crippen molar-refractivity contribution in [2.24, 2.45) is 5.92 Å². The van der Waals surface area contributed by atoms with Crippen molar-refractivity contribution in [1.82, 2.24) is 5.32 Å². The van der Waals surface area contributed by atoms with Crippen molar-refractivity contribution >= 4 is 0 Å². The van der Waals surface area contributed by atoms with Crippen LogP contribution in [0.3, 0.4) is 0 Å². The molecule has 0 aliphatic rings. The second kappa shape index (κ2) is 8.98. The first kappa shape index (κ1) is 16.0. The lowest BCUT2D eigenvalue weighted by Gasteiger charge is -2.21. The molecule has 1 N–H and O–H groups in total. The summed E-state index contributed by atoms with van der Waals surface area (Å²) in [5.41, 5.74) is 1.30. The van der Waals surface area contributed by atoms with E-state index in [4.69, 9.17) is 4.74 Å². The molecule has 19 heavy (non-hydrogen) atoms. The lowest BCUT2D eigenvalue weighted by Crippen LogP contribution is -2.21. The van der Waals surface area contributed by atoms with Crippen LogP contribution >= 0.6 is 0 Å². The molecule has 1 rings (SSSR count). The highest BCUT2D eigenvalue weighted by molar-refractivity contribution is 5.35. The molecule has 1 unspecified atom stereocenters. The highest BCUT2D eigenvalue weighted by Gasteiger charge is 2.14. The third kappa shape index (κ3) is 5.65. The summed E-state index contributed by atoms with van der Waals surface area (Å²) < 4.78 is 5.75. The smallest absolute Gasteiger partial charge is 0.124 e. The van der Waals surface area contributed by atoms with Gasteiger partial charge in [-0.05, 0) is 31.9 Å². The molecule has 0 saturated heterocycles. The molecule has 108 valence electrons. The van der Waals surface area contributed by atoms with E-state index in [1.54, 1.807) is 0 Å². The van der Waals surface area contributed by atoms with E-state index in [0.29, 0.717) is 6.04 Å². The van der Waals surface area contributed by atoms with E-state index < -0.39 is 0 Å². The first-order chi connectivity index (χ1) is 9.19. The number of benzene rings is 1. The van der Waals surface area contributed by atoms with Crippen LogP contribution in [0.4, 0.5) is 0 Å². The fourth-order valence-corrected chi connectivity index (χ4v) is 2.40. The Labute approximate surface area is 118 Å². The summed E-state index contributed by atoms with van der Waals surface area (Å²) in [6.45, 7) is 10.5. The van der Waals surface area contributed by atoms with Crippen LogP contribution in [-0.2, 0) is 0 Å². The molecule has 0 fully saturated rings. The Morgan fingerprint density at radius 1 is 1.11 bits per heavy atom. The van der Waals surface area contributed by atoms with Gasteiger partial charge in [-0.15, -0.1) is 0 Å². The van der Waals surface area contributed by atoms with Crippen molar-refractivity contribution in [2.75, 3.05) is 13.2 Å². The maximum Gasteiger partial charge on any atom is 0.124 e. The van der Waals surface area contributed by atoms with Crippen molar-refractivity contribution in [3.8, 4) is 5.75 Å². The van der Waals surface area contributed by atoms with Crippen LogP contribution in [0.25, 0.3) is 0 Å². The molecular formula is C17H29NO. The average molecular weight is 263 g/mol. The minimum Gasteiger partial charge on any atom is -0.494 e. The zero-order valence-corrected chi connectivity index (χ0v) is 12.9. The highest BCUT2D eigenvalue weighted by atomic mass is 16.5. The fraction of sp³-hybridized carbons (Fsp3) is 0.647. The first-order valence-electron chi connectivity index (χ1n) is 7.64. The summed E-state index contributed by atoms with van der Waals surface area (Å²) in [5.74, 6) is 1.81. The zero-order chi connectivity index (χ0) is 14.1. The normalized spacial score (nSPS) is 12.7. The van der Waals surface area contributed by atoms with Crippen molar-refractivity contribution in [2.45, 2.75) is 53.0 Å². The van der Waals surface area contributed by atoms with Crippen LogP contribution in [0.15, 0.2) is 24.3 Å². The van der Waals surface area contributed by atoms with Gasteiger partial charge in [-0.2, -0.15) is 0 Å². The Balaban J connectivity index is 2.73. The van der Waals surface area contributed by atoms with Crippen molar-refractivity contribution in [3.05, 3.63) is 29.8 Å². The number of para-hydroxylation sites is 1. The van der Waals surface area contributed by atoms with E-state index >= 15 is 0 Å². The van der Waals surface area contributed by atoms with E-state index in [9.17, 15) is 0 Å². The second-order valence-corrected chi connectivity index (χ2v) is 5.41. The predicted octanol–water partition coefficient (Wildman–Crippen LogP) is 4.56. The molecular weight excluding hydrogens is 234 g/mol. The summed E-state index contributed by atoms with van der Waals surface area (Å²) in [5, 5.41) is 3.59. The summed E-state index contributed by atoms with van der Waals surface area (Å²) in [6, 6.07) is 8.82. The van der Waals surface area contributed by atoms with Gasteiger partial charge >= 0.3 is 0 Å². The molecule has 0 bridgehead atoms. The molecule has 0 saturated carbocycles. The number of hydrogen-bond donors (Lipinski definition) is 1. The summed E-state index contributed by atoms with van der Waals surface area (Å²) in [4.78, 5) is 0. The largest absolute Gasteiger partial charge is 0.494 e. The van der Waals surface area contributed by atoms with Gasteiger partial charge in [0.05, 0.1) is 6.61 Å². The van der Waals surface area contributed by atoms with Crippen LogP contribution in [0.5, 0.6) is 5.75 Å². The third-order valence-electron chi connectivity index (χ3n) is 3.32. The van der Waals surface area contributed by atoms with Gasteiger partial charge in [0.1, 0.15) is 5.75 Å². The lowest BCUT2D eigenvalue weighted by molar-refractivity contribution is 0.329. The molecule has 0 radical (unpaired) electrons. The van der Waals surface area contributed by atoms with Gasteiger partial charge < -0.3 is 10.1 Å². The Kier molecular flexibility index (Phi) is 7.57. The molecule has 0 aromatic heterocycles. The Hall–Kier alpha value is -1.02. The van der Waals surface area contributed by atoms with Crippen molar-refractivity contribution in [1.29, 1.82) is 0 Å². The van der Waals surface area contributed by atoms with Gasteiger partial charge in [-0.3, -0.25) is 0 Å². The van der Waals surface area contributed by atoms with Crippen LogP contribution < -0.4 is 10.1 Å². The highest BCUT2D eigenvalue weighted by Crippen LogP contribution is 2.29. The van der Waals surface area contributed by atoms with E-state index in [2.05, 4.69) is 44.3 Å². The number of rotatable bonds is 9. The molecule has 0 spiro atoms. The molecule has 1 atom stereocenters. The molecule has 2 heteroatoms. The first-order valence-corrected chi connectivity index (χ1v) is 7.64. The van der Waals surface area contributed by atoms with E-state index in [-0.39, 0.29) is 0 Å². The maximum atomic E-state index is 5.75. The van der Waals surface area contributed by atoms with E-state index in [0.717, 1.165) is 24.8 Å². The van der Waals surface area contributed by atoms with Crippen LogP contribution in [-0.4, -0.2) is 13.2 Å². The quantitative estimate of drug-likeness (QED) is 0.705. The monoisotopic (exact) mass is 263 g/mol. The third-order valence-corrected chi connectivity index (χ3v) is 3.32. The fourth-order valence-electron chi connectivity index (χ4n) is 2.40. The number of nitrogens with one attached hydrogen (secondary N) is 1. The van der Waals surface area contributed by atoms with Gasteiger partial charge in [-0.25, -0.2) is 0 Å². The van der Waals surface area contributed by atoms with Gasteiger partial charge in [0.2, 0.25) is 0 Å². The molecule has 2 nitrogen and oxygen atoms in total. The minimum atomic E-state index is 0.409. The molecule has 0 aliphatic carbocycles. The van der Waals surface area contributed by atoms with E-state index in [1.165, 1.54) is 24.8 Å². The van der Waals surface area contributed by atoms with Gasteiger partial charge in [0.15, 0.2) is 0 Å². The van der Waals surface area contributed by atoms with Gasteiger partial charge in [0.25, 0.3) is 0 Å². The maximum absolute atomic E-state index is 5.75. The summed E-state index contributed by atoms with van der Waals surface area (Å²) >= 11 is 0.